The number of carbonyl (C=O) groups is 2. The summed E-state index contributed by atoms with van der Waals surface area (Å²) in [6, 6.07) is 16.3. The minimum atomic E-state index is -3.72. The third kappa shape index (κ3) is 5.77. The Morgan fingerprint density at radius 2 is 1.76 bits per heavy atom. The van der Waals surface area contributed by atoms with Crippen LogP contribution in [0.5, 0.6) is 0 Å². The van der Waals surface area contributed by atoms with E-state index in [4.69, 9.17) is 15.6 Å². The van der Waals surface area contributed by atoms with Crippen LogP contribution in [0.25, 0.3) is 23.0 Å². The van der Waals surface area contributed by atoms with Gasteiger partial charge < -0.3 is 15.4 Å². The van der Waals surface area contributed by atoms with Crippen molar-refractivity contribution in [1.29, 1.82) is 0 Å². The van der Waals surface area contributed by atoms with E-state index in [-0.39, 0.29) is 22.6 Å². The second kappa shape index (κ2) is 11.8. The van der Waals surface area contributed by atoms with Gasteiger partial charge >= 0.3 is 0 Å². The number of nitrogens with zero attached hydrogens (tertiary/aromatic N) is 5. The van der Waals surface area contributed by atoms with E-state index in [1.807, 2.05) is 47.5 Å². The number of nitrogens with two attached hydrogens (primary N) is 1. The molecule has 0 unspecified atom stereocenters. The molecule has 42 heavy (non-hydrogen) atoms. The van der Waals surface area contributed by atoms with Gasteiger partial charge in [-0.05, 0) is 54.9 Å². The van der Waals surface area contributed by atoms with Gasteiger partial charge in [0.2, 0.25) is 15.9 Å². The van der Waals surface area contributed by atoms with Crippen molar-refractivity contribution < 1.29 is 22.7 Å². The number of para-hydroxylation sites is 1. The van der Waals surface area contributed by atoms with Crippen LogP contribution in [0.15, 0.2) is 75.6 Å². The monoisotopic (exact) mass is 606 g/mol. The average Bonchev–Trinajstić information content (AvgIpc) is 3.61. The number of morpholine rings is 1. The molecule has 11 nitrogen and oxygen atoms in total. The van der Waals surface area contributed by atoms with Crippen LogP contribution in [-0.4, -0.2) is 83.8 Å². The number of likely N-dealkylation sites (tertiary alicyclic amines) is 1. The number of primary amides is 1. The van der Waals surface area contributed by atoms with Gasteiger partial charge in [0.15, 0.2) is 5.17 Å². The van der Waals surface area contributed by atoms with Crippen molar-refractivity contribution in [2.24, 2.45) is 16.6 Å². The molecule has 3 aromatic rings. The predicted molar refractivity (Wildman–Crippen MR) is 160 cm³/mol. The van der Waals surface area contributed by atoms with Crippen molar-refractivity contribution in [3.63, 3.8) is 0 Å². The van der Waals surface area contributed by atoms with Crippen LogP contribution in [0.4, 0.5) is 0 Å². The number of amides is 2. The van der Waals surface area contributed by atoms with Gasteiger partial charge in [-0.25, -0.2) is 13.1 Å². The Morgan fingerprint density at radius 1 is 1.02 bits per heavy atom. The van der Waals surface area contributed by atoms with Crippen LogP contribution in [0.2, 0.25) is 0 Å². The van der Waals surface area contributed by atoms with Gasteiger partial charge in [0.1, 0.15) is 5.69 Å². The van der Waals surface area contributed by atoms with Gasteiger partial charge in [-0.15, -0.1) is 0 Å². The fourth-order valence-electron chi connectivity index (χ4n) is 5.20. The van der Waals surface area contributed by atoms with Gasteiger partial charge in [-0.2, -0.15) is 14.4 Å². The van der Waals surface area contributed by atoms with E-state index in [0.29, 0.717) is 79.1 Å². The highest BCUT2D eigenvalue weighted by Crippen LogP contribution is 2.35. The Labute approximate surface area is 248 Å². The number of hydrogen-bond donors (Lipinski definition) is 1. The first-order chi connectivity index (χ1) is 20.3. The molecule has 0 bridgehead atoms. The van der Waals surface area contributed by atoms with E-state index < -0.39 is 10.0 Å². The number of piperidine rings is 1. The van der Waals surface area contributed by atoms with E-state index in [1.165, 1.54) is 16.1 Å². The maximum atomic E-state index is 13.4. The lowest BCUT2D eigenvalue weighted by Gasteiger charge is -2.31. The molecule has 6 rings (SSSR count). The van der Waals surface area contributed by atoms with Gasteiger partial charge in [-0.3, -0.25) is 9.59 Å². The number of sulfonamides is 1. The SMILES string of the molecule is NC(=O)C1CCN(C2=NC(=O)C(=Cc3cn(-c4ccccc4)nc3-c3cccc(S(=O)(=O)N4CCOCC4)c3)S2)CC1. The van der Waals surface area contributed by atoms with Crippen molar-refractivity contribution in [2.45, 2.75) is 17.7 Å². The first-order valence-corrected chi connectivity index (χ1v) is 16.0. The van der Waals surface area contributed by atoms with Crippen LogP contribution >= 0.6 is 11.8 Å². The lowest BCUT2D eigenvalue weighted by atomic mass is 9.97. The summed E-state index contributed by atoms with van der Waals surface area (Å²) in [5, 5.41) is 5.42. The number of rotatable bonds is 6. The van der Waals surface area contributed by atoms with Crippen LogP contribution in [0.1, 0.15) is 18.4 Å². The van der Waals surface area contributed by atoms with Gasteiger partial charge in [0.05, 0.1) is 28.7 Å². The maximum absolute atomic E-state index is 13.4. The van der Waals surface area contributed by atoms with Crippen molar-refractivity contribution in [2.75, 3.05) is 39.4 Å². The van der Waals surface area contributed by atoms with Gasteiger partial charge in [0, 0.05) is 49.4 Å². The molecular weight excluding hydrogens is 576 g/mol. The zero-order valence-electron chi connectivity index (χ0n) is 22.8. The molecule has 1 aromatic heterocycles. The number of hydrogen-bond acceptors (Lipinski definition) is 8. The van der Waals surface area contributed by atoms with Crippen molar-refractivity contribution >= 4 is 44.8 Å². The van der Waals surface area contributed by atoms with E-state index in [2.05, 4.69) is 4.99 Å². The van der Waals surface area contributed by atoms with E-state index in [0.717, 1.165) is 5.69 Å². The number of carbonyl (C=O) groups excluding carboxylic acids is 2. The molecular formula is C29H30N6O5S2. The first kappa shape index (κ1) is 28.3. The van der Waals surface area contributed by atoms with E-state index in [9.17, 15) is 18.0 Å². The molecule has 2 amide bonds. The molecule has 4 heterocycles. The number of aromatic nitrogens is 2. The summed E-state index contributed by atoms with van der Waals surface area (Å²) >= 11 is 1.28. The van der Waals surface area contributed by atoms with Crippen molar-refractivity contribution in [3.05, 3.63) is 71.3 Å². The molecule has 2 aromatic carbocycles. The van der Waals surface area contributed by atoms with Gasteiger partial charge in [-0.1, -0.05) is 30.3 Å². The molecule has 2 saturated heterocycles. The molecule has 2 N–H and O–H groups in total. The number of benzene rings is 2. The zero-order chi connectivity index (χ0) is 29.3. The highest BCUT2D eigenvalue weighted by molar-refractivity contribution is 8.18. The van der Waals surface area contributed by atoms with Crippen molar-refractivity contribution in [3.8, 4) is 16.9 Å². The zero-order valence-corrected chi connectivity index (χ0v) is 24.4. The van der Waals surface area contributed by atoms with E-state index in [1.54, 1.807) is 29.0 Å². The summed E-state index contributed by atoms with van der Waals surface area (Å²) in [6.45, 7) is 2.51. The largest absolute Gasteiger partial charge is 0.379 e. The number of amidine groups is 1. The standard InChI is InChI=1S/C29H30N6O5S2/c30-27(36)20-9-11-33(12-10-20)29-31-28(37)25(41-29)18-22-19-35(23-6-2-1-3-7-23)32-26(22)21-5-4-8-24(17-21)42(38,39)34-13-15-40-16-14-34/h1-8,17-20H,9-16H2,(H2,30,36). The van der Waals surface area contributed by atoms with Crippen LogP contribution in [0.3, 0.4) is 0 Å². The Hall–Kier alpha value is -3.78. The highest BCUT2D eigenvalue weighted by Gasteiger charge is 2.31. The Kier molecular flexibility index (Phi) is 7.99. The average molecular weight is 607 g/mol. The van der Waals surface area contributed by atoms with Gasteiger partial charge in [0.25, 0.3) is 5.91 Å². The predicted octanol–water partition coefficient (Wildman–Crippen LogP) is 2.73. The number of thioether (sulfide) groups is 1. The Morgan fingerprint density at radius 3 is 2.48 bits per heavy atom. The highest BCUT2D eigenvalue weighted by atomic mass is 32.2. The second-order valence-electron chi connectivity index (χ2n) is 10.2. The lowest BCUT2D eigenvalue weighted by Crippen LogP contribution is -2.40. The molecule has 3 aliphatic heterocycles. The molecule has 0 radical (unpaired) electrons. The molecule has 218 valence electrons. The molecule has 0 spiro atoms. The molecule has 13 heteroatoms. The fraction of sp³-hybridized carbons (Fsp3) is 0.310. The smallest absolute Gasteiger partial charge is 0.286 e. The number of ether oxygens (including phenoxy) is 1. The minimum Gasteiger partial charge on any atom is -0.379 e. The summed E-state index contributed by atoms with van der Waals surface area (Å²) in [5.74, 6) is -0.806. The summed E-state index contributed by atoms with van der Waals surface area (Å²) in [7, 11) is -3.72. The normalized spacial score (nSPS) is 19.8. The molecule has 2 fully saturated rings. The van der Waals surface area contributed by atoms with Crippen LogP contribution < -0.4 is 5.73 Å². The summed E-state index contributed by atoms with van der Waals surface area (Å²) in [5.41, 5.74) is 8.08. The first-order valence-electron chi connectivity index (χ1n) is 13.7. The third-order valence-electron chi connectivity index (χ3n) is 7.54. The molecule has 0 saturated carbocycles. The molecule has 0 aliphatic carbocycles. The number of aliphatic imine (C=N–C) groups is 1. The third-order valence-corrected chi connectivity index (χ3v) is 10.5. The minimum absolute atomic E-state index is 0.159. The summed E-state index contributed by atoms with van der Waals surface area (Å²) < 4.78 is 35.2. The topological polar surface area (TPSA) is 140 Å². The summed E-state index contributed by atoms with van der Waals surface area (Å²) in [4.78, 5) is 31.5. The summed E-state index contributed by atoms with van der Waals surface area (Å²) in [6.07, 6.45) is 4.83. The lowest BCUT2D eigenvalue weighted by molar-refractivity contribution is -0.123. The van der Waals surface area contributed by atoms with Crippen molar-refractivity contribution in [1.82, 2.24) is 19.0 Å². The second-order valence-corrected chi connectivity index (χ2v) is 13.2. The van der Waals surface area contributed by atoms with E-state index >= 15 is 0 Å². The fourth-order valence-corrected chi connectivity index (χ4v) is 7.61. The Bertz CT molecular complexity index is 1670. The van der Waals surface area contributed by atoms with Crippen LogP contribution in [-0.2, 0) is 24.3 Å². The Balaban J connectivity index is 1.33. The quantitative estimate of drug-likeness (QED) is 0.423. The maximum Gasteiger partial charge on any atom is 0.286 e. The molecule has 0 atom stereocenters. The molecule has 3 aliphatic rings. The van der Waals surface area contributed by atoms with Crippen LogP contribution in [0, 0.1) is 5.92 Å².